The Morgan fingerprint density at radius 3 is 2.19 bits per heavy atom. The summed E-state index contributed by atoms with van der Waals surface area (Å²) in [5, 5.41) is 0. The van der Waals surface area contributed by atoms with Gasteiger partial charge in [0.25, 0.3) is 0 Å². The number of ketones is 1. The lowest BCUT2D eigenvalue weighted by molar-refractivity contribution is -0.123. The zero-order valence-corrected chi connectivity index (χ0v) is 10.4. The van der Waals surface area contributed by atoms with E-state index < -0.39 is 5.60 Å². The van der Waals surface area contributed by atoms with Crippen LogP contribution < -0.4 is 0 Å². The Labute approximate surface area is 96.3 Å². The number of likely N-dealkylation sites (tertiary alicyclic amines) is 1. The topological polar surface area (TPSA) is 46.6 Å². The second-order valence-electron chi connectivity index (χ2n) is 5.23. The Balaban J connectivity index is 2.39. The largest absolute Gasteiger partial charge is 0.444 e. The van der Waals surface area contributed by atoms with Gasteiger partial charge in [0.2, 0.25) is 0 Å². The molecule has 0 aromatic carbocycles. The Bertz CT molecular complexity index is 322. The average Bonchev–Trinajstić information content (AvgIpc) is 1.96. The zero-order valence-electron chi connectivity index (χ0n) is 10.4. The van der Waals surface area contributed by atoms with Gasteiger partial charge in [-0.1, -0.05) is 6.58 Å². The van der Waals surface area contributed by atoms with Crippen molar-refractivity contribution in [2.75, 3.05) is 13.1 Å². The normalized spacial score (nSPS) is 16.6. The minimum absolute atomic E-state index is 0.0415. The molecule has 0 aromatic rings. The molecule has 0 atom stereocenters. The van der Waals surface area contributed by atoms with Gasteiger partial charge in [-0.15, -0.1) is 0 Å². The van der Waals surface area contributed by atoms with E-state index >= 15 is 0 Å². The maximum Gasteiger partial charge on any atom is 0.410 e. The minimum Gasteiger partial charge on any atom is -0.444 e. The number of allylic oxidation sites excluding steroid dienone is 1. The molecule has 1 aliphatic rings. The van der Waals surface area contributed by atoms with E-state index in [4.69, 9.17) is 4.74 Å². The first-order valence-electron chi connectivity index (χ1n) is 5.38. The second-order valence-corrected chi connectivity index (χ2v) is 5.23. The molecule has 4 nitrogen and oxygen atoms in total. The molecule has 0 unspecified atom stereocenters. The van der Waals surface area contributed by atoms with Crippen LogP contribution in [0.1, 0.15) is 27.7 Å². The van der Waals surface area contributed by atoms with Crippen LogP contribution in [0.15, 0.2) is 12.2 Å². The molecule has 0 saturated carbocycles. The number of nitrogens with zero attached hydrogens (tertiary/aromatic N) is 1. The van der Waals surface area contributed by atoms with Crippen LogP contribution in [0.5, 0.6) is 0 Å². The number of Topliss-reactive ketones (excluding diaryl/α,β-unsaturated/α-hetero) is 1. The average molecular weight is 225 g/mol. The van der Waals surface area contributed by atoms with Gasteiger partial charge in [0.1, 0.15) is 5.60 Å². The fraction of sp³-hybridized carbons (Fsp3) is 0.667. The molecule has 4 heteroatoms. The standard InChI is InChI=1S/C12H19NO3/c1-8(2)10(14)9-6-13(7-9)11(15)16-12(3,4)5/h9H,1,6-7H2,2-5H3. The molecule has 0 radical (unpaired) electrons. The second kappa shape index (κ2) is 4.28. The molecule has 0 aromatic heterocycles. The van der Waals surface area contributed by atoms with Crippen LogP contribution in [-0.4, -0.2) is 35.5 Å². The van der Waals surface area contributed by atoms with Gasteiger partial charge in [0, 0.05) is 13.1 Å². The maximum absolute atomic E-state index is 11.5. The fourth-order valence-electron chi connectivity index (χ4n) is 1.47. The van der Waals surface area contributed by atoms with E-state index in [1.54, 1.807) is 6.92 Å². The van der Waals surface area contributed by atoms with Gasteiger partial charge in [-0.25, -0.2) is 4.79 Å². The van der Waals surface area contributed by atoms with Crippen LogP contribution in [0.2, 0.25) is 0 Å². The molecular formula is C12H19NO3. The van der Waals surface area contributed by atoms with Gasteiger partial charge in [0.15, 0.2) is 5.78 Å². The predicted molar refractivity (Wildman–Crippen MR) is 61.1 cm³/mol. The van der Waals surface area contributed by atoms with E-state index in [-0.39, 0.29) is 17.8 Å². The van der Waals surface area contributed by atoms with Crippen molar-refractivity contribution in [1.82, 2.24) is 4.90 Å². The summed E-state index contributed by atoms with van der Waals surface area (Å²) in [6.45, 7) is 11.6. The van der Waals surface area contributed by atoms with E-state index in [1.165, 1.54) is 4.90 Å². The Hall–Kier alpha value is -1.32. The Kier molecular flexibility index (Phi) is 3.41. The van der Waals surface area contributed by atoms with Gasteiger partial charge in [-0.05, 0) is 33.3 Å². The molecule has 1 fully saturated rings. The van der Waals surface area contributed by atoms with Gasteiger partial charge in [-0.3, -0.25) is 4.79 Å². The van der Waals surface area contributed by atoms with Crippen LogP contribution in [0, 0.1) is 5.92 Å². The number of hydrogen-bond donors (Lipinski definition) is 0. The third-order valence-corrected chi connectivity index (χ3v) is 2.32. The zero-order chi connectivity index (χ0) is 12.5. The molecule has 90 valence electrons. The highest BCUT2D eigenvalue weighted by molar-refractivity contribution is 5.97. The summed E-state index contributed by atoms with van der Waals surface area (Å²) in [5.41, 5.74) is 0.0643. The number of hydrogen-bond acceptors (Lipinski definition) is 3. The summed E-state index contributed by atoms with van der Waals surface area (Å²) < 4.78 is 5.18. The van der Waals surface area contributed by atoms with Crippen molar-refractivity contribution in [2.45, 2.75) is 33.3 Å². The molecule has 0 aliphatic carbocycles. The van der Waals surface area contributed by atoms with E-state index in [0.29, 0.717) is 18.7 Å². The summed E-state index contributed by atoms with van der Waals surface area (Å²) in [5.74, 6) is -0.0511. The van der Waals surface area contributed by atoms with Crippen LogP contribution in [-0.2, 0) is 9.53 Å². The molecule has 0 N–H and O–H groups in total. The molecule has 0 spiro atoms. The third-order valence-electron chi connectivity index (χ3n) is 2.32. The first kappa shape index (κ1) is 12.7. The van der Waals surface area contributed by atoms with Crippen molar-refractivity contribution >= 4 is 11.9 Å². The number of carbonyl (C=O) groups excluding carboxylic acids is 2. The lowest BCUT2D eigenvalue weighted by Gasteiger charge is -2.38. The van der Waals surface area contributed by atoms with Crippen LogP contribution in [0.25, 0.3) is 0 Å². The molecular weight excluding hydrogens is 206 g/mol. The van der Waals surface area contributed by atoms with Crippen molar-refractivity contribution in [3.05, 3.63) is 12.2 Å². The highest BCUT2D eigenvalue weighted by atomic mass is 16.6. The van der Waals surface area contributed by atoms with Crippen molar-refractivity contribution < 1.29 is 14.3 Å². The number of ether oxygens (including phenoxy) is 1. The monoisotopic (exact) mass is 225 g/mol. The lowest BCUT2D eigenvalue weighted by atomic mass is 9.92. The number of rotatable bonds is 2. The van der Waals surface area contributed by atoms with Gasteiger partial charge >= 0.3 is 6.09 Å². The lowest BCUT2D eigenvalue weighted by Crippen LogP contribution is -2.54. The molecule has 0 bridgehead atoms. The SMILES string of the molecule is C=C(C)C(=O)C1CN(C(=O)OC(C)(C)C)C1. The molecule has 1 heterocycles. The fourth-order valence-corrected chi connectivity index (χ4v) is 1.47. The van der Waals surface area contributed by atoms with Gasteiger partial charge < -0.3 is 9.64 Å². The molecule has 1 rings (SSSR count). The molecule has 1 aliphatic heterocycles. The highest BCUT2D eigenvalue weighted by Crippen LogP contribution is 2.21. The van der Waals surface area contributed by atoms with Crippen molar-refractivity contribution in [3.8, 4) is 0 Å². The quantitative estimate of drug-likeness (QED) is 0.675. The summed E-state index contributed by atoms with van der Waals surface area (Å²) >= 11 is 0. The van der Waals surface area contributed by atoms with Crippen molar-refractivity contribution in [2.24, 2.45) is 5.92 Å². The Morgan fingerprint density at radius 1 is 1.31 bits per heavy atom. The first-order valence-corrected chi connectivity index (χ1v) is 5.38. The van der Waals surface area contributed by atoms with E-state index in [2.05, 4.69) is 6.58 Å². The molecule has 16 heavy (non-hydrogen) atoms. The summed E-state index contributed by atoms with van der Waals surface area (Å²) in [6, 6.07) is 0. The minimum atomic E-state index is -0.486. The third kappa shape index (κ3) is 3.08. The van der Waals surface area contributed by atoms with E-state index in [9.17, 15) is 9.59 Å². The predicted octanol–water partition coefficient (Wildman–Crippen LogP) is 2.00. The summed E-state index contributed by atoms with van der Waals surface area (Å²) in [6.07, 6.45) is -0.349. The van der Waals surface area contributed by atoms with Crippen LogP contribution in [0.4, 0.5) is 4.79 Å². The van der Waals surface area contributed by atoms with Gasteiger partial charge in [-0.2, -0.15) is 0 Å². The smallest absolute Gasteiger partial charge is 0.410 e. The first-order chi connectivity index (χ1) is 7.20. The maximum atomic E-state index is 11.5. The number of amides is 1. The molecule has 1 amide bonds. The van der Waals surface area contributed by atoms with Crippen molar-refractivity contribution in [1.29, 1.82) is 0 Å². The molecule has 1 saturated heterocycles. The Morgan fingerprint density at radius 2 is 1.81 bits per heavy atom. The summed E-state index contributed by atoms with van der Waals surface area (Å²) in [4.78, 5) is 24.6. The number of carbonyl (C=O) groups is 2. The van der Waals surface area contributed by atoms with Crippen molar-refractivity contribution in [3.63, 3.8) is 0 Å². The van der Waals surface area contributed by atoms with Crippen LogP contribution >= 0.6 is 0 Å². The van der Waals surface area contributed by atoms with Crippen LogP contribution in [0.3, 0.4) is 0 Å². The van der Waals surface area contributed by atoms with E-state index in [1.807, 2.05) is 20.8 Å². The van der Waals surface area contributed by atoms with Gasteiger partial charge in [0.05, 0.1) is 5.92 Å². The summed E-state index contributed by atoms with van der Waals surface area (Å²) in [7, 11) is 0. The highest BCUT2D eigenvalue weighted by Gasteiger charge is 2.37. The van der Waals surface area contributed by atoms with E-state index in [0.717, 1.165) is 0 Å².